The summed E-state index contributed by atoms with van der Waals surface area (Å²) in [4.78, 5) is 15.8. The number of carbonyl (C=O) groups is 1. The number of nitrogens with two attached hydrogens (primary N) is 1. The lowest BCUT2D eigenvalue weighted by atomic mass is 9.87. The Morgan fingerprint density at radius 3 is 2.76 bits per heavy atom. The van der Waals surface area contributed by atoms with Crippen LogP contribution >= 0.6 is 0 Å². The van der Waals surface area contributed by atoms with Crippen molar-refractivity contribution in [2.24, 2.45) is 5.73 Å². The Balaban J connectivity index is 2.10. The van der Waals surface area contributed by atoms with Crippen molar-refractivity contribution in [2.75, 3.05) is 13.2 Å². The molecule has 0 fully saturated rings. The summed E-state index contributed by atoms with van der Waals surface area (Å²) in [5, 5.41) is 9.70. The number of carboxylic acids is 1. The first-order chi connectivity index (χ1) is 13.9. The molecule has 3 rings (SSSR count). The first kappa shape index (κ1) is 20.7. The lowest BCUT2D eigenvalue weighted by Crippen LogP contribution is -2.37. The highest BCUT2D eigenvalue weighted by Crippen LogP contribution is 2.30. The molecule has 0 saturated heterocycles. The summed E-state index contributed by atoms with van der Waals surface area (Å²) in [6.07, 6.45) is 6.90. The SMILES string of the molecule is CCCOCC1=CC=C(c2ccc(-c3ncco3)cc2C(=O)O)C(=S(=O)=O)C1N. The van der Waals surface area contributed by atoms with Gasteiger partial charge in [-0.2, -0.15) is 8.42 Å². The van der Waals surface area contributed by atoms with Crippen LogP contribution in [-0.2, 0) is 15.0 Å². The van der Waals surface area contributed by atoms with E-state index in [1.807, 2.05) is 6.92 Å². The summed E-state index contributed by atoms with van der Waals surface area (Å²) < 4.78 is 34.6. The van der Waals surface area contributed by atoms with E-state index in [9.17, 15) is 18.3 Å². The molecule has 2 aromatic rings. The van der Waals surface area contributed by atoms with E-state index in [4.69, 9.17) is 14.9 Å². The van der Waals surface area contributed by atoms with Crippen LogP contribution in [0.1, 0.15) is 29.3 Å². The third-order valence-electron chi connectivity index (χ3n) is 4.43. The van der Waals surface area contributed by atoms with E-state index in [1.165, 1.54) is 24.6 Å². The smallest absolute Gasteiger partial charge is 0.336 e. The monoisotopic (exact) mass is 416 g/mol. The number of aromatic nitrogens is 1. The van der Waals surface area contributed by atoms with Crippen LogP contribution in [0.4, 0.5) is 0 Å². The number of rotatable bonds is 7. The molecule has 0 spiro atoms. The summed E-state index contributed by atoms with van der Waals surface area (Å²) in [5.41, 5.74) is 7.64. The molecule has 1 aliphatic rings. The molecule has 1 aromatic carbocycles. The van der Waals surface area contributed by atoms with Crippen molar-refractivity contribution in [3.8, 4) is 11.5 Å². The molecule has 29 heavy (non-hydrogen) atoms. The molecule has 1 atom stereocenters. The standard InChI is InChI=1S/C20H20N2O6S/c1-2-8-27-11-13-4-6-15(18(17(13)21)29(25)26)14-5-3-12(10-16(14)20(23)24)19-22-7-9-28-19/h3-7,9-10,17H,2,8,11,21H2,1H3,(H,23,24). The lowest BCUT2D eigenvalue weighted by molar-refractivity contribution is 0.0696. The Labute approximate surface area is 168 Å². The van der Waals surface area contributed by atoms with Gasteiger partial charge in [0.1, 0.15) is 11.1 Å². The lowest BCUT2D eigenvalue weighted by Gasteiger charge is -2.23. The van der Waals surface area contributed by atoms with Gasteiger partial charge < -0.3 is 20.0 Å². The van der Waals surface area contributed by atoms with E-state index >= 15 is 0 Å². The molecule has 0 radical (unpaired) electrons. The van der Waals surface area contributed by atoms with Crippen molar-refractivity contribution in [3.05, 3.63) is 59.5 Å². The molecule has 0 saturated carbocycles. The second-order valence-corrected chi connectivity index (χ2v) is 7.26. The maximum atomic E-state index is 12.0. The molecule has 1 unspecified atom stereocenters. The maximum Gasteiger partial charge on any atom is 0.336 e. The molecule has 1 aliphatic carbocycles. The average Bonchev–Trinajstić information content (AvgIpc) is 3.23. The van der Waals surface area contributed by atoms with Crippen molar-refractivity contribution in [1.29, 1.82) is 0 Å². The summed E-state index contributed by atoms with van der Waals surface area (Å²) in [5.74, 6) is -0.944. The highest BCUT2D eigenvalue weighted by atomic mass is 32.2. The molecular formula is C20H20N2O6S. The van der Waals surface area contributed by atoms with Crippen molar-refractivity contribution in [3.63, 3.8) is 0 Å². The minimum absolute atomic E-state index is 0.0750. The predicted octanol–water partition coefficient (Wildman–Crippen LogP) is 2.17. The van der Waals surface area contributed by atoms with Gasteiger partial charge in [-0.3, -0.25) is 0 Å². The summed E-state index contributed by atoms with van der Waals surface area (Å²) in [6, 6.07) is 3.62. The first-order valence-electron chi connectivity index (χ1n) is 8.92. The largest absolute Gasteiger partial charge is 0.478 e. The van der Waals surface area contributed by atoms with Crippen LogP contribution in [0.15, 0.2) is 52.8 Å². The minimum Gasteiger partial charge on any atom is -0.478 e. The Bertz CT molecular complexity index is 1110. The minimum atomic E-state index is -2.64. The number of ether oxygens (including phenoxy) is 1. The maximum absolute atomic E-state index is 12.0. The van der Waals surface area contributed by atoms with Crippen LogP contribution in [0.5, 0.6) is 0 Å². The Morgan fingerprint density at radius 1 is 1.34 bits per heavy atom. The van der Waals surface area contributed by atoms with Crippen LogP contribution in [0.3, 0.4) is 0 Å². The normalized spacial score (nSPS) is 16.3. The molecule has 152 valence electrons. The van der Waals surface area contributed by atoms with E-state index in [-0.39, 0.29) is 34.1 Å². The molecule has 8 nitrogen and oxygen atoms in total. The van der Waals surface area contributed by atoms with Gasteiger partial charge >= 0.3 is 5.97 Å². The van der Waals surface area contributed by atoms with Gasteiger partial charge in [0.15, 0.2) is 0 Å². The molecule has 1 aromatic heterocycles. The number of carboxylic acid groups (broad SMARTS) is 1. The van der Waals surface area contributed by atoms with E-state index in [2.05, 4.69) is 4.98 Å². The highest BCUT2D eigenvalue weighted by molar-refractivity contribution is 7.74. The zero-order valence-corrected chi connectivity index (χ0v) is 16.5. The number of allylic oxidation sites excluding steroid dienone is 2. The summed E-state index contributed by atoms with van der Waals surface area (Å²) in [6.45, 7) is 2.70. The predicted molar refractivity (Wildman–Crippen MR) is 108 cm³/mol. The quantitative estimate of drug-likeness (QED) is 0.518. The topological polar surface area (TPSA) is 133 Å². The van der Waals surface area contributed by atoms with Crippen LogP contribution in [0, 0.1) is 0 Å². The number of aromatic carboxylic acids is 1. The van der Waals surface area contributed by atoms with Gasteiger partial charge in [-0.25, -0.2) is 9.78 Å². The van der Waals surface area contributed by atoms with Crippen LogP contribution < -0.4 is 5.73 Å². The molecule has 0 amide bonds. The second kappa shape index (κ2) is 8.99. The van der Waals surface area contributed by atoms with Crippen molar-refractivity contribution in [1.82, 2.24) is 4.98 Å². The van der Waals surface area contributed by atoms with Crippen molar-refractivity contribution < 1.29 is 27.5 Å². The molecule has 1 heterocycles. The van der Waals surface area contributed by atoms with Gasteiger partial charge in [0, 0.05) is 17.7 Å². The van der Waals surface area contributed by atoms with Gasteiger partial charge in [-0.1, -0.05) is 25.1 Å². The average molecular weight is 416 g/mol. The summed E-state index contributed by atoms with van der Waals surface area (Å²) in [7, 11) is -2.64. The van der Waals surface area contributed by atoms with Crippen molar-refractivity contribution >= 4 is 26.7 Å². The number of hydrogen-bond donors (Lipinski definition) is 2. The van der Waals surface area contributed by atoms with Gasteiger partial charge in [0.25, 0.3) is 0 Å². The van der Waals surface area contributed by atoms with Gasteiger partial charge in [0.2, 0.25) is 16.2 Å². The summed E-state index contributed by atoms with van der Waals surface area (Å²) >= 11 is 0. The van der Waals surface area contributed by atoms with Crippen LogP contribution in [0.2, 0.25) is 0 Å². The molecular weight excluding hydrogens is 396 g/mol. The number of nitrogens with zero attached hydrogens (tertiary/aromatic N) is 1. The molecule has 3 N–H and O–H groups in total. The number of oxazole rings is 1. The van der Waals surface area contributed by atoms with Crippen LogP contribution in [-0.4, -0.2) is 48.6 Å². The van der Waals surface area contributed by atoms with E-state index < -0.39 is 22.3 Å². The van der Waals surface area contributed by atoms with Crippen LogP contribution in [0.25, 0.3) is 17.0 Å². The molecule has 0 aliphatic heterocycles. The Hall–Kier alpha value is -3.01. The zero-order chi connectivity index (χ0) is 21.0. The third-order valence-corrected chi connectivity index (χ3v) is 5.26. The number of hydrogen-bond acceptors (Lipinski definition) is 7. The molecule has 9 heteroatoms. The second-order valence-electron chi connectivity index (χ2n) is 6.35. The van der Waals surface area contributed by atoms with Gasteiger partial charge in [-0.05, 0) is 29.7 Å². The fraction of sp³-hybridized carbons (Fsp3) is 0.250. The highest BCUT2D eigenvalue weighted by Gasteiger charge is 2.28. The first-order valence-corrected chi connectivity index (χ1v) is 9.99. The Kier molecular flexibility index (Phi) is 6.42. The zero-order valence-electron chi connectivity index (χ0n) is 15.7. The fourth-order valence-corrected chi connectivity index (χ4v) is 3.77. The van der Waals surface area contributed by atoms with E-state index in [0.717, 1.165) is 6.42 Å². The molecule has 0 bridgehead atoms. The fourth-order valence-electron chi connectivity index (χ4n) is 3.06. The third kappa shape index (κ3) is 4.37. The van der Waals surface area contributed by atoms with Crippen molar-refractivity contribution in [2.45, 2.75) is 19.4 Å². The van der Waals surface area contributed by atoms with E-state index in [1.54, 1.807) is 18.2 Å². The number of benzene rings is 1. The van der Waals surface area contributed by atoms with E-state index in [0.29, 0.717) is 17.7 Å². The van der Waals surface area contributed by atoms with Gasteiger partial charge in [0.05, 0.1) is 24.4 Å². The van der Waals surface area contributed by atoms with Gasteiger partial charge in [-0.15, -0.1) is 0 Å². The Morgan fingerprint density at radius 2 is 2.14 bits per heavy atom.